The summed E-state index contributed by atoms with van der Waals surface area (Å²) < 4.78 is 81.2. The Kier molecular flexibility index (Phi) is 5.83. The minimum absolute atomic E-state index is 0.0635. The summed E-state index contributed by atoms with van der Waals surface area (Å²) >= 11 is 1.09. The van der Waals surface area contributed by atoms with E-state index in [1.807, 2.05) is 0 Å². The van der Waals surface area contributed by atoms with Gasteiger partial charge in [-0.15, -0.1) is 13.2 Å². The number of nitrogens with zero attached hydrogens (tertiary/aromatic N) is 5. The lowest BCUT2D eigenvalue weighted by Gasteiger charge is -2.38. The molecule has 0 radical (unpaired) electrons. The third kappa shape index (κ3) is 4.81. The highest BCUT2D eigenvalue weighted by molar-refractivity contribution is 7.89. The average molecular weight is 507 g/mol. The van der Waals surface area contributed by atoms with Crippen molar-refractivity contribution in [3.05, 3.63) is 36.5 Å². The number of benzene rings is 1. The Morgan fingerprint density at radius 2 is 1.88 bits per heavy atom. The van der Waals surface area contributed by atoms with E-state index >= 15 is 0 Å². The molecule has 33 heavy (non-hydrogen) atoms. The lowest BCUT2D eigenvalue weighted by molar-refractivity contribution is -0.274. The number of hydrogen-bond donors (Lipinski definition) is 1. The van der Waals surface area contributed by atoms with Gasteiger partial charge in [0.05, 0.1) is 15.8 Å². The van der Waals surface area contributed by atoms with Gasteiger partial charge in [0.1, 0.15) is 11.8 Å². The number of ether oxygens (including phenoxy) is 1. The highest BCUT2D eigenvalue weighted by Crippen LogP contribution is 2.31. The van der Waals surface area contributed by atoms with Gasteiger partial charge in [0, 0.05) is 19.6 Å². The van der Waals surface area contributed by atoms with Crippen LogP contribution in [0.25, 0.3) is 10.3 Å². The van der Waals surface area contributed by atoms with Crippen LogP contribution in [0, 0.1) is 6.08 Å². The van der Waals surface area contributed by atoms with E-state index in [1.165, 1.54) is 11.1 Å². The zero-order chi connectivity index (χ0) is 24.0. The Bertz CT molecular complexity index is 1300. The van der Waals surface area contributed by atoms with Crippen molar-refractivity contribution in [3.8, 4) is 5.75 Å². The SMILES string of the molecule is O=C(O)[C@H]1CN(c2nc3nc(F)ncc3s2)CCN1S(=O)(=O)c1ccc(OC(F)(F)F)cc1. The second-order valence-electron chi connectivity index (χ2n) is 6.76. The molecule has 2 aromatic heterocycles. The first-order valence-corrected chi connectivity index (χ1v) is 11.3. The number of aliphatic carboxylic acids is 1. The number of thiazole rings is 1. The van der Waals surface area contributed by atoms with Crippen molar-refractivity contribution in [3.63, 3.8) is 0 Å². The Balaban J connectivity index is 1.57. The average Bonchev–Trinajstić information content (AvgIpc) is 3.15. The fraction of sp³-hybridized carbons (Fsp3) is 0.294. The molecule has 1 aromatic carbocycles. The number of carboxylic acids is 1. The lowest BCUT2D eigenvalue weighted by atomic mass is 10.2. The summed E-state index contributed by atoms with van der Waals surface area (Å²) in [7, 11) is -4.35. The van der Waals surface area contributed by atoms with E-state index in [-0.39, 0.29) is 30.2 Å². The maximum Gasteiger partial charge on any atom is 0.573 e. The molecule has 1 fully saturated rings. The fourth-order valence-corrected chi connectivity index (χ4v) is 5.69. The molecule has 1 atom stereocenters. The van der Waals surface area contributed by atoms with Gasteiger partial charge < -0.3 is 14.7 Å². The van der Waals surface area contributed by atoms with E-state index in [0.717, 1.165) is 39.9 Å². The topological polar surface area (TPSA) is 126 Å². The van der Waals surface area contributed by atoms with E-state index < -0.39 is 40.2 Å². The van der Waals surface area contributed by atoms with Crippen LogP contribution in [0.4, 0.5) is 22.7 Å². The number of halogens is 4. The number of alkyl halides is 3. The summed E-state index contributed by atoms with van der Waals surface area (Å²) in [5.74, 6) is -2.04. The molecule has 176 valence electrons. The molecular weight excluding hydrogens is 494 g/mol. The number of hydrogen-bond acceptors (Lipinski definition) is 9. The van der Waals surface area contributed by atoms with Gasteiger partial charge in [-0.05, 0) is 24.3 Å². The minimum Gasteiger partial charge on any atom is -0.480 e. The standard InChI is InChI=1S/C17H13F4N5O5S2/c18-15-22-7-12-13(23-15)24-16(32-12)25-5-6-26(11(8-25)14(27)28)33(29,30)10-3-1-9(2-4-10)31-17(19,20)21/h1-4,7,11H,5-6,8H2,(H,27,28)/t11-/m1/s1. The van der Waals surface area contributed by atoms with Gasteiger partial charge in [-0.25, -0.2) is 13.4 Å². The first-order chi connectivity index (χ1) is 15.4. The Hall–Kier alpha value is -3.11. The third-order valence-corrected chi connectivity index (χ3v) is 7.62. The van der Waals surface area contributed by atoms with Crippen LogP contribution < -0.4 is 9.64 Å². The summed E-state index contributed by atoms with van der Waals surface area (Å²) in [6.07, 6.45) is -4.67. The van der Waals surface area contributed by atoms with E-state index in [9.17, 15) is 35.9 Å². The molecular formula is C17H13F4N5O5S2. The third-order valence-electron chi connectivity index (χ3n) is 4.66. The number of carbonyl (C=O) groups is 1. The van der Waals surface area contributed by atoms with Crippen LogP contribution >= 0.6 is 11.3 Å². The molecule has 10 nitrogen and oxygen atoms in total. The lowest BCUT2D eigenvalue weighted by Crippen LogP contribution is -2.58. The van der Waals surface area contributed by atoms with Gasteiger partial charge in [0.15, 0.2) is 10.8 Å². The zero-order valence-corrected chi connectivity index (χ0v) is 17.9. The molecule has 1 aliphatic heterocycles. The number of fused-ring (bicyclic) bond motifs is 1. The largest absolute Gasteiger partial charge is 0.573 e. The van der Waals surface area contributed by atoms with Crippen molar-refractivity contribution in [1.29, 1.82) is 0 Å². The molecule has 0 saturated carbocycles. The summed E-state index contributed by atoms with van der Waals surface area (Å²) in [4.78, 5) is 24.2. The summed E-state index contributed by atoms with van der Waals surface area (Å²) in [5.41, 5.74) is 0.0885. The van der Waals surface area contributed by atoms with Crippen LogP contribution in [-0.4, -0.2) is 70.8 Å². The first-order valence-electron chi connectivity index (χ1n) is 9.08. The van der Waals surface area contributed by atoms with Crippen LogP contribution in [-0.2, 0) is 14.8 Å². The second kappa shape index (κ2) is 8.35. The van der Waals surface area contributed by atoms with Gasteiger partial charge >= 0.3 is 18.4 Å². The molecule has 3 heterocycles. The van der Waals surface area contributed by atoms with Gasteiger partial charge in [-0.2, -0.15) is 18.7 Å². The van der Waals surface area contributed by atoms with Crippen LogP contribution in [0.15, 0.2) is 35.4 Å². The van der Waals surface area contributed by atoms with E-state index in [4.69, 9.17) is 0 Å². The van der Waals surface area contributed by atoms with Crippen molar-refractivity contribution < 1.29 is 40.6 Å². The normalized spacial score (nSPS) is 17.9. The molecule has 0 amide bonds. The van der Waals surface area contributed by atoms with Crippen LogP contribution in [0.1, 0.15) is 0 Å². The maximum atomic E-state index is 13.2. The highest BCUT2D eigenvalue weighted by Gasteiger charge is 2.41. The van der Waals surface area contributed by atoms with Gasteiger partial charge in [0.25, 0.3) is 0 Å². The second-order valence-corrected chi connectivity index (χ2v) is 9.66. The van der Waals surface area contributed by atoms with E-state index in [1.54, 1.807) is 0 Å². The van der Waals surface area contributed by atoms with Crippen molar-refractivity contribution >= 4 is 42.8 Å². The molecule has 0 unspecified atom stereocenters. The van der Waals surface area contributed by atoms with Crippen molar-refractivity contribution in [1.82, 2.24) is 19.3 Å². The van der Waals surface area contributed by atoms with Crippen molar-refractivity contribution in [2.45, 2.75) is 17.3 Å². The Labute approximate surface area is 187 Å². The highest BCUT2D eigenvalue weighted by atomic mass is 32.2. The van der Waals surface area contributed by atoms with Crippen LogP contribution in [0.2, 0.25) is 0 Å². The van der Waals surface area contributed by atoms with Gasteiger partial charge in [0.2, 0.25) is 10.0 Å². The molecule has 16 heteroatoms. The molecule has 0 bridgehead atoms. The van der Waals surface area contributed by atoms with E-state index in [2.05, 4.69) is 19.7 Å². The Morgan fingerprint density at radius 1 is 1.18 bits per heavy atom. The van der Waals surface area contributed by atoms with Gasteiger partial charge in [-0.3, -0.25) is 4.79 Å². The predicted molar refractivity (Wildman–Crippen MR) is 106 cm³/mol. The molecule has 1 saturated heterocycles. The minimum atomic E-state index is -4.94. The molecule has 4 rings (SSSR count). The Morgan fingerprint density at radius 3 is 2.52 bits per heavy atom. The molecule has 1 N–H and O–H groups in total. The number of rotatable bonds is 5. The van der Waals surface area contributed by atoms with Crippen LogP contribution in [0.3, 0.4) is 0 Å². The first kappa shape index (κ1) is 23.1. The number of anilines is 1. The molecule has 0 spiro atoms. The van der Waals surface area contributed by atoms with E-state index in [0.29, 0.717) is 9.83 Å². The van der Waals surface area contributed by atoms with Gasteiger partial charge in [-0.1, -0.05) is 11.3 Å². The molecule has 0 aliphatic carbocycles. The number of aromatic nitrogens is 3. The maximum absolute atomic E-state index is 13.2. The number of carboxylic acid groups (broad SMARTS) is 1. The molecule has 3 aromatic rings. The summed E-state index contributed by atoms with van der Waals surface area (Å²) in [5, 5.41) is 9.99. The van der Waals surface area contributed by atoms with Crippen molar-refractivity contribution in [2.75, 3.05) is 24.5 Å². The summed E-state index contributed by atoms with van der Waals surface area (Å²) in [6, 6.07) is 1.96. The van der Waals surface area contributed by atoms with Crippen molar-refractivity contribution in [2.24, 2.45) is 0 Å². The monoisotopic (exact) mass is 507 g/mol. The summed E-state index contributed by atoms with van der Waals surface area (Å²) in [6.45, 7) is -0.441. The zero-order valence-electron chi connectivity index (χ0n) is 16.2. The van der Waals surface area contributed by atoms with Crippen LogP contribution in [0.5, 0.6) is 5.75 Å². The predicted octanol–water partition coefficient (Wildman–Crippen LogP) is 2.09. The quantitative estimate of drug-likeness (QED) is 0.408. The smallest absolute Gasteiger partial charge is 0.480 e. The molecule has 1 aliphatic rings. The number of piperazine rings is 1. The number of sulfonamides is 1. The fourth-order valence-electron chi connectivity index (χ4n) is 3.22.